The molecule has 7 nitrogen and oxygen atoms in total. The molecule has 34 heavy (non-hydrogen) atoms. The van der Waals surface area contributed by atoms with Gasteiger partial charge in [0.25, 0.3) is 5.56 Å². The van der Waals surface area contributed by atoms with Crippen LogP contribution in [0.5, 0.6) is 0 Å². The fourth-order valence-corrected chi connectivity index (χ4v) is 4.60. The molecule has 0 aliphatic carbocycles. The molecule has 3 aromatic carbocycles. The molecular weight excluding hydrogens is 453 g/mol. The fraction of sp³-hybridized carbons (Fsp3) is 0.120. The maximum atomic E-state index is 13.5. The van der Waals surface area contributed by atoms with Gasteiger partial charge in [-0.1, -0.05) is 42.1 Å². The normalized spacial score (nSPS) is 11.3. The molecular formula is C25H20FN5O2S. The van der Waals surface area contributed by atoms with Crippen LogP contribution < -0.4 is 10.9 Å². The lowest BCUT2D eigenvalue weighted by Gasteiger charge is -2.14. The first-order valence-corrected chi connectivity index (χ1v) is 11.6. The highest BCUT2D eigenvalue weighted by Crippen LogP contribution is 2.25. The summed E-state index contributed by atoms with van der Waals surface area (Å²) < 4.78 is 16.8. The first-order chi connectivity index (χ1) is 16.4. The SMILES string of the molecule is Cc1cccc(-n2c(=O)c3ccccc3n3c(SCC(=O)Nc4cccc(F)c4)nnc23)c1C. The van der Waals surface area contributed by atoms with Crippen LogP contribution in [0, 0.1) is 19.7 Å². The van der Waals surface area contributed by atoms with Gasteiger partial charge in [0.15, 0.2) is 5.16 Å². The Morgan fingerprint density at radius 1 is 1.03 bits per heavy atom. The van der Waals surface area contributed by atoms with E-state index in [0.29, 0.717) is 27.5 Å². The second-order valence-corrected chi connectivity index (χ2v) is 8.78. The number of hydrogen-bond acceptors (Lipinski definition) is 5. The quantitative estimate of drug-likeness (QED) is 0.380. The van der Waals surface area contributed by atoms with Crippen LogP contribution in [-0.2, 0) is 4.79 Å². The second kappa shape index (κ2) is 8.75. The van der Waals surface area contributed by atoms with Crippen molar-refractivity contribution in [3.8, 4) is 5.69 Å². The topological polar surface area (TPSA) is 81.3 Å². The van der Waals surface area contributed by atoms with E-state index in [2.05, 4.69) is 15.5 Å². The maximum absolute atomic E-state index is 13.5. The first-order valence-electron chi connectivity index (χ1n) is 10.6. The number of fused-ring (bicyclic) bond motifs is 3. The number of benzene rings is 3. The summed E-state index contributed by atoms with van der Waals surface area (Å²) in [6.07, 6.45) is 0. The third kappa shape index (κ3) is 3.84. The minimum atomic E-state index is -0.426. The molecule has 0 fully saturated rings. The molecule has 0 radical (unpaired) electrons. The van der Waals surface area contributed by atoms with Gasteiger partial charge in [-0.15, -0.1) is 10.2 Å². The zero-order chi connectivity index (χ0) is 23.8. The molecule has 5 aromatic rings. The van der Waals surface area contributed by atoms with Gasteiger partial charge in [0, 0.05) is 5.69 Å². The summed E-state index contributed by atoms with van der Waals surface area (Å²) in [7, 11) is 0. The van der Waals surface area contributed by atoms with E-state index in [9.17, 15) is 14.0 Å². The molecule has 0 aliphatic heterocycles. The molecule has 0 saturated heterocycles. The van der Waals surface area contributed by atoms with Crippen LogP contribution in [0.15, 0.2) is 76.7 Å². The van der Waals surface area contributed by atoms with Crippen molar-refractivity contribution in [1.29, 1.82) is 0 Å². The standard InChI is InChI=1S/C25H20FN5O2S/c1-15-7-5-12-20(16(15)2)30-23(33)19-10-3-4-11-21(19)31-24(30)28-29-25(31)34-14-22(32)27-18-9-6-8-17(26)13-18/h3-13H,14H2,1-2H3,(H,27,32). The van der Waals surface area contributed by atoms with Gasteiger partial charge in [0.2, 0.25) is 11.7 Å². The minimum Gasteiger partial charge on any atom is -0.325 e. The summed E-state index contributed by atoms with van der Waals surface area (Å²) in [5.41, 5.74) is 3.60. The molecule has 1 amide bonds. The Bertz CT molecular complexity index is 1630. The van der Waals surface area contributed by atoms with Crippen LogP contribution in [0.3, 0.4) is 0 Å². The molecule has 5 rings (SSSR count). The van der Waals surface area contributed by atoms with Crippen molar-refractivity contribution in [3.05, 3.63) is 94.0 Å². The molecule has 0 spiro atoms. The Balaban J connectivity index is 1.58. The van der Waals surface area contributed by atoms with E-state index >= 15 is 0 Å². The lowest BCUT2D eigenvalue weighted by atomic mass is 10.1. The molecule has 0 bridgehead atoms. The van der Waals surface area contributed by atoms with Crippen molar-refractivity contribution in [3.63, 3.8) is 0 Å². The Morgan fingerprint density at radius 2 is 1.82 bits per heavy atom. The molecule has 0 saturated carbocycles. The van der Waals surface area contributed by atoms with E-state index < -0.39 is 5.82 Å². The third-order valence-corrected chi connectivity index (χ3v) is 6.58. The molecule has 2 heterocycles. The van der Waals surface area contributed by atoms with Crippen LogP contribution in [0.2, 0.25) is 0 Å². The van der Waals surface area contributed by atoms with Crippen LogP contribution in [0.25, 0.3) is 22.4 Å². The smallest absolute Gasteiger partial charge is 0.267 e. The van der Waals surface area contributed by atoms with Crippen LogP contribution in [0.4, 0.5) is 10.1 Å². The minimum absolute atomic E-state index is 0.0359. The number of aromatic nitrogens is 4. The van der Waals surface area contributed by atoms with Crippen LogP contribution in [0.1, 0.15) is 11.1 Å². The Kier molecular flexibility index (Phi) is 5.62. The van der Waals surface area contributed by atoms with Gasteiger partial charge < -0.3 is 5.32 Å². The fourth-order valence-electron chi connectivity index (χ4n) is 3.86. The molecule has 2 aromatic heterocycles. The van der Waals surface area contributed by atoms with Gasteiger partial charge in [-0.25, -0.2) is 8.96 Å². The molecule has 170 valence electrons. The highest BCUT2D eigenvalue weighted by atomic mass is 32.2. The molecule has 0 atom stereocenters. The number of amides is 1. The van der Waals surface area contributed by atoms with E-state index in [-0.39, 0.29) is 17.2 Å². The summed E-state index contributed by atoms with van der Waals surface area (Å²) in [6, 6.07) is 18.7. The largest absolute Gasteiger partial charge is 0.325 e. The van der Waals surface area contributed by atoms with E-state index in [0.717, 1.165) is 16.8 Å². The van der Waals surface area contributed by atoms with E-state index in [1.54, 1.807) is 21.1 Å². The van der Waals surface area contributed by atoms with Gasteiger partial charge in [0.1, 0.15) is 5.82 Å². The summed E-state index contributed by atoms with van der Waals surface area (Å²) in [4.78, 5) is 26.0. The van der Waals surface area contributed by atoms with Crippen molar-refractivity contribution in [2.75, 3.05) is 11.1 Å². The number of rotatable bonds is 5. The maximum Gasteiger partial charge on any atom is 0.267 e. The van der Waals surface area contributed by atoms with Crippen molar-refractivity contribution < 1.29 is 9.18 Å². The summed E-state index contributed by atoms with van der Waals surface area (Å²) in [5.74, 6) is -0.330. The zero-order valence-electron chi connectivity index (χ0n) is 18.4. The number of nitrogens with zero attached hydrogens (tertiary/aromatic N) is 4. The van der Waals surface area contributed by atoms with Gasteiger partial charge in [-0.05, 0) is 61.4 Å². The number of para-hydroxylation sites is 1. The predicted molar refractivity (Wildman–Crippen MR) is 131 cm³/mol. The van der Waals surface area contributed by atoms with Crippen molar-refractivity contribution >= 4 is 40.0 Å². The predicted octanol–water partition coefficient (Wildman–Crippen LogP) is 4.52. The number of hydrogen-bond donors (Lipinski definition) is 1. The number of carbonyl (C=O) groups excluding carboxylic acids is 1. The highest BCUT2D eigenvalue weighted by Gasteiger charge is 2.19. The van der Waals surface area contributed by atoms with Gasteiger partial charge in [0.05, 0.1) is 22.3 Å². The van der Waals surface area contributed by atoms with Crippen molar-refractivity contribution in [2.45, 2.75) is 19.0 Å². The highest BCUT2D eigenvalue weighted by molar-refractivity contribution is 7.99. The average molecular weight is 474 g/mol. The number of halogens is 1. The monoisotopic (exact) mass is 473 g/mol. The van der Waals surface area contributed by atoms with Gasteiger partial charge in [-0.3, -0.25) is 14.0 Å². The van der Waals surface area contributed by atoms with Gasteiger partial charge >= 0.3 is 0 Å². The lowest BCUT2D eigenvalue weighted by molar-refractivity contribution is -0.113. The lowest BCUT2D eigenvalue weighted by Crippen LogP contribution is -2.22. The third-order valence-electron chi connectivity index (χ3n) is 5.65. The number of carbonyl (C=O) groups is 1. The summed E-state index contributed by atoms with van der Waals surface area (Å²) >= 11 is 1.19. The molecule has 9 heteroatoms. The summed E-state index contributed by atoms with van der Waals surface area (Å²) in [5, 5.41) is 12.3. The number of thioether (sulfide) groups is 1. The Morgan fingerprint density at radius 3 is 2.65 bits per heavy atom. The summed E-state index contributed by atoms with van der Waals surface area (Å²) in [6.45, 7) is 3.95. The van der Waals surface area contributed by atoms with Crippen molar-refractivity contribution in [1.82, 2.24) is 19.2 Å². The molecule has 1 N–H and O–H groups in total. The Hall–Kier alpha value is -3.98. The van der Waals surface area contributed by atoms with E-state index in [1.165, 1.54) is 30.0 Å². The average Bonchev–Trinajstić information content (AvgIpc) is 3.24. The first kappa shape index (κ1) is 21.8. The van der Waals surface area contributed by atoms with Crippen LogP contribution >= 0.6 is 11.8 Å². The van der Waals surface area contributed by atoms with E-state index in [4.69, 9.17) is 0 Å². The Labute approximate surface area is 198 Å². The van der Waals surface area contributed by atoms with Crippen LogP contribution in [-0.4, -0.2) is 30.8 Å². The van der Waals surface area contributed by atoms with Gasteiger partial charge in [-0.2, -0.15) is 0 Å². The zero-order valence-corrected chi connectivity index (χ0v) is 19.3. The van der Waals surface area contributed by atoms with Crippen molar-refractivity contribution in [2.24, 2.45) is 0 Å². The van der Waals surface area contributed by atoms with E-state index in [1.807, 2.05) is 50.2 Å². The number of anilines is 1. The molecule has 0 unspecified atom stereocenters. The second-order valence-electron chi connectivity index (χ2n) is 7.84. The molecule has 0 aliphatic rings. The number of aryl methyl sites for hydroxylation is 1. The number of nitrogens with one attached hydrogen (secondary N) is 1.